The lowest BCUT2D eigenvalue weighted by Crippen LogP contribution is -2.49. The number of halogens is 1. The van der Waals surface area contributed by atoms with Gasteiger partial charge in [0.05, 0.1) is 7.11 Å². The maximum absolute atomic E-state index is 5.86. The van der Waals surface area contributed by atoms with Gasteiger partial charge in [0.1, 0.15) is 5.75 Å². The summed E-state index contributed by atoms with van der Waals surface area (Å²) in [7, 11) is 1.72. The predicted molar refractivity (Wildman–Crippen MR) is 86.7 cm³/mol. The van der Waals surface area contributed by atoms with Crippen molar-refractivity contribution in [1.29, 1.82) is 0 Å². The molecular weight excluding hydrogens is 316 g/mol. The first-order valence-electron chi connectivity index (χ1n) is 7.37. The number of benzene rings is 1. The summed E-state index contributed by atoms with van der Waals surface area (Å²) in [5.74, 6) is 6.80. The number of hydrogen-bond donors (Lipinski definition) is 2. The molecule has 0 bridgehead atoms. The maximum atomic E-state index is 5.86. The van der Waals surface area contributed by atoms with E-state index in [4.69, 9.17) is 10.6 Å². The Hall–Kier alpha value is -0.580. The summed E-state index contributed by atoms with van der Waals surface area (Å²) in [6.07, 6.45) is 7.37. The van der Waals surface area contributed by atoms with Crippen LogP contribution in [0, 0.1) is 5.41 Å². The van der Waals surface area contributed by atoms with Gasteiger partial charge in [-0.3, -0.25) is 11.3 Å². The lowest BCUT2D eigenvalue weighted by Gasteiger charge is -2.40. The van der Waals surface area contributed by atoms with Crippen LogP contribution in [0.1, 0.15) is 44.6 Å². The van der Waals surface area contributed by atoms with Gasteiger partial charge in [0, 0.05) is 10.5 Å². The first-order chi connectivity index (χ1) is 9.59. The smallest absolute Gasteiger partial charge is 0.122 e. The van der Waals surface area contributed by atoms with E-state index in [-0.39, 0.29) is 11.5 Å². The molecule has 0 amide bonds. The molecule has 1 aliphatic rings. The SMILES string of the molecule is COc1ccc(Br)cc1CC(NN)C1(C)CCCCC1. The normalized spacial score (nSPS) is 19.6. The number of hydrogen-bond acceptors (Lipinski definition) is 3. The minimum absolute atomic E-state index is 0.278. The molecule has 1 atom stereocenters. The Labute approximate surface area is 130 Å². The van der Waals surface area contributed by atoms with Gasteiger partial charge in [-0.1, -0.05) is 42.1 Å². The molecule has 0 saturated heterocycles. The molecule has 1 unspecified atom stereocenters. The van der Waals surface area contributed by atoms with Gasteiger partial charge < -0.3 is 4.74 Å². The fraction of sp³-hybridized carbons (Fsp3) is 0.625. The molecule has 20 heavy (non-hydrogen) atoms. The van der Waals surface area contributed by atoms with Gasteiger partial charge in [-0.15, -0.1) is 0 Å². The molecule has 2 rings (SSSR count). The third-order valence-corrected chi connectivity index (χ3v) is 5.20. The Bertz CT molecular complexity index is 444. The Morgan fingerprint density at radius 2 is 2.05 bits per heavy atom. The standard InChI is InChI=1S/C16H25BrN2O/c1-16(8-4-3-5-9-16)15(19-18)11-12-10-13(17)6-7-14(12)20-2/h6-7,10,15,19H,3-5,8-9,11,18H2,1-2H3. The molecule has 112 valence electrons. The molecule has 1 saturated carbocycles. The largest absolute Gasteiger partial charge is 0.496 e. The van der Waals surface area contributed by atoms with Crippen LogP contribution in [0.15, 0.2) is 22.7 Å². The van der Waals surface area contributed by atoms with Crippen LogP contribution in [0.4, 0.5) is 0 Å². The van der Waals surface area contributed by atoms with Crippen LogP contribution >= 0.6 is 15.9 Å². The summed E-state index contributed by atoms with van der Waals surface area (Å²) in [4.78, 5) is 0. The van der Waals surface area contributed by atoms with Gasteiger partial charge in [0.15, 0.2) is 0 Å². The van der Waals surface area contributed by atoms with Crippen molar-refractivity contribution < 1.29 is 4.74 Å². The zero-order valence-corrected chi connectivity index (χ0v) is 14.0. The Kier molecular flexibility index (Phi) is 5.47. The van der Waals surface area contributed by atoms with Gasteiger partial charge in [-0.25, -0.2) is 0 Å². The van der Waals surface area contributed by atoms with E-state index in [9.17, 15) is 0 Å². The van der Waals surface area contributed by atoms with Crippen molar-refractivity contribution in [2.24, 2.45) is 11.3 Å². The average Bonchev–Trinajstić information content (AvgIpc) is 2.45. The summed E-state index contributed by atoms with van der Waals surface area (Å²) in [6.45, 7) is 2.36. The number of nitrogens with two attached hydrogens (primary N) is 1. The topological polar surface area (TPSA) is 47.3 Å². The lowest BCUT2D eigenvalue weighted by atomic mass is 9.69. The molecule has 0 heterocycles. The highest BCUT2D eigenvalue weighted by Crippen LogP contribution is 2.40. The van der Waals surface area contributed by atoms with E-state index in [1.54, 1.807) is 7.11 Å². The van der Waals surface area contributed by atoms with Crippen molar-refractivity contribution >= 4 is 15.9 Å². The molecule has 0 aromatic heterocycles. The van der Waals surface area contributed by atoms with Crippen molar-refractivity contribution in [3.05, 3.63) is 28.2 Å². The van der Waals surface area contributed by atoms with Gasteiger partial charge in [-0.2, -0.15) is 0 Å². The number of nitrogens with one attached hydrogen (secondary N) is 1. The maximum Gasteiger partial charge on any atom is 0.122 e. The Morgan fingerprint density at radius 3 is 2.65 bits per heavy atom. The number of rotatable bonds is 5. The fourth-order valence-electron chi connectivity index (χ4n) is 3.34. The van der Waals surface area contributed by atoms with Crippen LogP contribution in [0.25, 0.3) is 0 Å². The number of methoxy groups -OCH3 is 1. The van der Waals surface area contributed by atoms with E-state index in [2.05, 4.69) is 34.3 Å². The van der Waals surface area contributed by atoms with E-state index in [0.29, 0.717) is 0 Å². The van der Waals surface area contributed by atoms with Gasteiger partial charge in [-0.05, 0) is 48.4 Å². The molecule has 1 fully saturated rings. The van der Waals surface area contributed by atoms with Crippen LogP contribution in [0.5, 0.6) is 5.75 Å². The van der Waals surface area contributed by atoms with Crippen LogP contribution in [-0.2, 0) is 6.42 Å². The van der Waals surface area contributed by atoms with Crippen molar-refractivity contribution in [2.75, 3.05) is 7.11 Å². The lowest BCUT2D eigenvalue weighted by molar-refractivity contribution is 0.143. The summed E-state index contributed by atoms with van der Waals surface area (Å²) >= 11 is 3.54. The molecule has 3 N–H and O–H groups in total. The highest BCUT2D eigenvalue weighted by molar-refractivity contribution is 9.10. The van der Waals surface area contributed by atoms with Crippen LogP contribution in [-0.4, -0.2) is 13.2 Å². The molecule has 1 aliphatic carbocycles. The highest BCUT2D eigenvalue weighted by Gasteiger charge is 2.35. The van der Waals surface area contributed by atoms with Crippen molar-refractivity contribution in [3.63, 3.8) is 0 Å². The second-order valence-electron chi connectivity index (χ2n) is 6.09. The Balaban J connectivity index is 2.19. The summed E-state index contributed by atoms with van der Waals surface area (Å²) in [5.41, 5.74) is 4.54. The summed E-state index contributed by atoms with van der Waals surface area (Å²) < 4.78 is 6.56. The third kappa shape index (κ3) is 3.54. The number of hydrazine groups is 1. The van der Waals surface area contributed by atoms with Crippen LogP contribution < -0.4 is 16.0 Å². The van der Waals surface area contributed by atoms with Crippen molar-refractivity contribution in [1.82, 2.24) is 5.43 Å². The van der Waals surface area contributed by atoms with Crippen LogP contribution in [0.2, 0.25) is 0 Å². The van der Waals surface area contributed by atoms with E-state index in [1.165, 1.54) is 37.7 Å². The molecule has 3 nitrogen and oxygen atoms in total. The monoisotopic (exact) mass is 340 g/mol. The minimum Gasteiger partial charge on any atom is -0.496 e. The van der Waals surface area contributed by atoms with E-state index in [0.717, 1.165) is 16.6 Å². The third-order valence-electron chi connectivity index (χ3n) is 4.70. The first kappa shape index (κ1) is 15.8. The molecule has 4 heteroatoms. The number of ether oxygens (including phenoxy) is 1. The minimum atomic E-state index is 0.278. The van der Waals surface area contributed by atoms with Gasteiger partial charge in [0.25, 0.3) is 0 Å². The fourth-order valence-corrected chi connectivity index (χ4v) is 3.75. The molecule has 0 radical (unpaired) electrons. The van der Waals surface area contributed by atoms with E-state index >= 15 is 0 Å². The molecule has 1 aromatic rings. The Morgan fingerprint density at radius 1 is 1.35 bits per heavy atom. The zero-order chi connectivity index (χ0) is 14.6. The average molecular weight is 341 g/mol. The molecule has 0 spiro atoms. The van der Waals surface area contributed by atoms with E-state index in [1.807, 2.05) is 12.1 Å². The summed E-state index contributed by atoms with van der Waals surface area (Å²) in [5, 5.41) is 0. The van der Waals surface area contributed by atoms with Crippen LogP contribution in [0.3, 0.4) is 0 Å². The second-order valence-corrected chi connectivity index (χ2v) is 7.01. The molecule has 1 aromatic carbocycles. The second kappa shape index (κ2) is 6.92. The molecule has 0 aliphatic heterocycles. The first-order valence-corrected chi connectivity index (χ1v) is 8.17. The summed E-state index contributed by atoms with van der Waals surface area (Å²) in [6, 6.07) is 6.44. The predicted octanol–water partition coefficient (Wildman–Crippen LogP) is 3.80. The zero-order valence-electron chi connectivity index (χ0n) is 12.4. The molecular formula is C16H25BrN2O. The van der Waals surface area contributed by atoms with Gasteiger partial charge in [0.2, 0.25) is 0 Å². The highest BCUT2D eigenvalue weighted by atomic mass is 79.9. The van der Waals surface area contributed by atoms with Crippen molar-refractivity contribution in [2.45, 2.75) is 51.5 Å². The quantitative estimate of drug-likeness (QED) is 0.633. The van der Waals surface area contributed by atoms with Crippen molar-refractivity contribution in [3.8, 4) is 5.75 Å². The van der Waals surface area contributed by atoms with Gasteiger partial charge >= 0.3 is 0 Å². The van der Waals surface area contributed by atoms with E-state index < -0.39 is 0 Å².